The number of para-hydroxylation sites is 2. The predicted octanol–water partition coefficient (Wildman–Crippen LogP) is 5.97. The van der Waals surface area contributed by atoms with Crippen LogP contribution in [0.15, 0.2) is 52.9 Å². The first kappa shape index (κ1) is 16.1. The lowest BCUT2D eigenvalue weighted by Gasteiger charge is -2.07. The second-order valence-corrected chi connectivity index (χ2v) is 7.46. The molecule has 0 aliphatic rings. The highest BCUT2D eigenvalue weighted by atomic mass is 16.3. The number of pyridine rings is 1. The van der Waals surface area contributed by atoms with Crippen LogP contribution in [0.1, 0.15) is 31.0 Å². The van der Waals surface area contributed by atoms with Gasteiger partial charge in [-0.05, 0) is 42.7 Å². The Hall–Kier alpha value is -3.14. The molecule has 27 heavy (non-hydrogen) atoms. The van der Waals surface area contributed by atoms with Crippen molar-refractivity contribution >= 4 is 33.1 Å². The van der Waals surface area contributed by atoms with E-state index in [2.05, 4.69) is 62.7 Å². The standard InChI is InChI=1S/C23H21N3O/c1-13(2)17-12-11-16-15-10-9-14(3)20(21(15)27-23(16)25-17)22-24-18-7-5-6-8-19(18)26(22)4/h5-13H,1-4H3. The lowest BCUT2D eigenvalue weighted by Crippen LogP contribution is -1.95. The molecule has 0 fully saturated rings. The predicted molar refractivity (Wildman–Crippen MR) is 110 cm³/mol. The highest BCUT2D eigenvalue weighted by Crippen LogP contribution is 2.38. The smallest absolute Gasteiger partial charge is 0.227 e. The second-order valence-electron chi connectivity index (χ2n) is 7.46. The molecule has 0 spiro atoms. The number of furan rings is 1. The molecule has 4 nitrogen and oxygen atoms in total. The molecule has 0 saturated heterocycles. The average Bonchev–Trinajstić information content (AvgIpc) is 3.19. The minimum atomic E-state index is 0.364. The van der Waals surface area contributed by atoms with Gasteiger partial charge in [-0.2, -0.15) is 0 Å². The van der Waals surface area contributed by atoms with E-state index in [-0.39, 0.29) is 0 Å². The molecule has 3 heterocycles. The van der Waals surface area contributed by atoms with Crippen molar-refractivity contribution in [1.29, 1.82) is 0 Å². The Morgan fingerprint density at radius 2 is 1.70 bits per heavy atom. The van der Waals surface area contributed by atoms with Gasteiger partial charge in [0.2, 0.25) is 5.71 Å². The van der Waals surface area contributed by atoms with Gasteiger partial charge in [-0.15, -0.1) is 0 Å². The number of hydrogen-bond donors (Lipinski definition) is 0. The van der Waals surface area contributed by atoms with E-state index in [1.807, 2.05) is 18.2 Å². The summed E-state index contributed by atoms with van der Waals surface area (Å²) in [6.07, 6.45) is 0. The summed E-state index contributed by atoms with van der Waals surface area (Å²) in [5, 5.41) is 2.13. The molecule has 0 N–H and O–H groups in total. The molecule has 3 aromatic heterocycles. The molecule has 0 aliphatic heterocycles. The van der Waals surface area contributed by atoms with Gasteiger partial charge >= 0.3 is 0 Å². The molecule has 2 aromatic carbocycles. The Bertz CT molecular complexity index is 1320. The van der Waals surface area contributed by atoms with Gasteiger partial charge in [0.15, 0.2) is 0 Å². The quantitative estimate of drug-likeness (QED) is 0.392. The molecule has 0 radical (unpaired) electrons. The van der Waals surface area contributed by atoms with E-state index in [0.29, 0.717) is 11.6 Å². The summed E-state index contributed by atoms with van der Waals surface area (Å²) >= 11 is 0. The van der Waals surface area contributed by atoms with Crippen LogP contribution in [0.2, 0.25) is 0 Å². The zero-order valence-electron chi connectivity index (χ0n) is 15.9. The third-order valence-electron chi connectivity index (χ3n) is 5.34. The van der Waals surface area contributed by atoms with E-state index >= 15 is 0 Å². The molecule has 0 aliphatic carbocycles. The summed E-state index contributed by atoms with van der Waals surface area (Å²) in [7, 11) is 2.06. The van der Waals surface area contributed by atoms with Crippen LogP contribution in [0.5, 0.6) is 0 Å². The fraction of sp³-hybridized carbons (Fsp3) is 0.217. The van der Waals surface area contributed by atoms with E-state index in [9.17, 15) is 0 Å². The van der Waals surface area contributed by atoms with Gasteiger partial charge in [0.1, 0.15) is 11.4 Å². The second kappa shape index (κ2) is 5.68. The first-order chi connectivity index (χ1) is 13.0. The third kappa shape index (κ3) is 2.29. The Morgan fingerprint density at radius 1 is 0.926 bits per heavy atom. The number of rotatable bonds is 2. The Kier molecular flexibility index (Phi) is 3.38. The summed E-state index contributed by atoms with van der Waals surface area (Å²) in [4.78, 5) is 9.64. The van der Waals surface area contributed by atoms with Crippen LogP contribution in [-0.2, 0) is 7.05 Å². The van der Waals surface area contributed by atoms with Gasteiger partial charge in [-0.1, -0.05) is 38.1 Å². The van der Waals surface area contributed by atoms with Gasteiger partial charge in [0.05, 0.1) is 16.6 Å². The van der Waals surface area contributed by atoms with Crippen LogP contribution in [0.3, 0.4) is 0 Å². The van der Waals surface area contributed by atoms with Crippen LogP contribution in [0.4, 0.5) is 0 Å². The van der Waals surface area contributed by atoms with E-state index in [0.717, 1.165) is 50.0 Å². The lowest BCUT2D eigenvalue weighted by molar-refractivity contribution is 0.647. The minimum absolute atomic E-state index is 0.364. The van der Waals surface area contributed by atoms with Crippen molar-refractivity contribution in [2.45, 2.75) is 26.7 Å². The van der Waals surface area contributed by atoms with Crippen molar-refractivity contribution in [3.05, 3.63) is 59.8 Å². The third-order valence-corrected chi connectivity index (χ3v) is 5.34. The molecule has 5 aromatic rings. The molecule has 0 amide bonds. The zero-order chi connectivity index (χ0) is 18.7. The maximum absolute atomic E-state index is 6.30. The topological polar surface area (TPSA) is 43.9 Å². The van der Waals surface area contributed by atoms with Crippen molar-refractivity contribution in [2.75, 3.05) is 0 Å². The number of nitrogens with zero attached hydrogens (tertiary/aromatic N) is 3. The largest absolute Gasteiger partial charge is 0.437 e. The number of hydrogen-bond acceptors (Lipinski definition) is 3. The first-order valence-electron chi connectivity index (χ1n) is 9.29. The van der Waals surface area contributed by atoms with E-state index in [1.165, 1.54) is 0 Å². The number of aryl methyl sites for hydroxylation is 2. The van der Waals surface area contributed by atoms with Gasteiger partial charge in [0, 0.05) is 23.5 Å². The lowest BCUT2D eigenvalue weighted by atomic mass is 10.0. The van der Waals surface area contributed by atoms with Gasteiger partial charge in [-0.25, -0.2) is 9.97 Å². The van der Waals surface area contributed by atoms with Gasteiger partial charge < -0.3 is 8.98 Å². The Balaban J connectivity index is 1.86. The normalized spacial score (nSPS) is 12.0. The van der Waals surface area contributed by atoms with Crippen molar-refractivity contribution in [2.24, 2.45) is 7.05 Å². The van der Waals surface area contributed by atoms with E-state index in [4.69, 9.17) is 14.4 Å². The molecular weight excluding hydrogens is 334 g/mol. The van der Waals surface area contributed by atoms with Crippen molar-refractivity contribution < 1.29 is 4.42 Å². The number of aromatic nitrogens is 3. The maximum Gasteiger partial charge on any atom is 0.227 e. The molecule has 4 heteroatoms. The molecule has 0 bridgehead atoms. The van der Waals surface area contributed by atoms with Crippen molar-refractivity contribution in [3.63, 3.8) is 0 Å². The molecule has 5 rings (SSSR count). The zero-order valence-corrected chi connectivity index (χ0v) is 15.9. The number of fused-ring (bicyclic) bond motifs is 4. The maximum atomic E-state index is 6.30. The van der Waals surface area contributed by atoms with Gasteiger partial charge in [0.25, 0.3) is 0 Å². The minimum Gasteiger partial charge on any atom is -0.437 e. The van der Waals surface area contributed by atoms with Crippen LogP contribution >= 0.6 is 0 Å². The summed E-state index contributed by atoms with van der Waals surface area (Å²) < 4.78 is 8.43. The number of benzene rings is 2. The van der Waals surface area contributed by atoms with E-state index < -0.39 is 0 Å². The summed E-state index contributed by atoms with van der Waals surface area (Å²) in [6.45, 7) is 6.39. The van der Waals surface area contributed by atoms with Crippen LogP contribution in [-0.4, -0.2) is 14.5 Å². The fourth-order valence-corrected chi connectivity index (χ4v) is 3.80. The Labute approximate surface area is 157 Å². The average molecular weight is 355 g/mol. The van der Waals surface area contributed by atoms with Crippen LogP contribution < -0.4 is 0 Å². The number of imidazole rings is 1. The fourth-order valence-electron chi connectivity index (χ4n) is 3.80. The molecule has 0 atom stereocenters. The van der Waals surface area contributed by atoms with E-state index in [1.54, 1.807) is 0 Å². The highest BCUT2D eigenvalue weighted by molar-refractivity contribution is 6.09. The monoisotopic (exact) mass is 355 g/mol. The molecule has 0 saturated carbocycles. The summed E-state index contributed by atoms with van der Waals surface area (Å²) in [6, 6.07) is 16.7. The SMILES string of the molecule is Cc1ccc2c(oc3nc(C(C)C)ccc32)c1-c1nc2ccccc2n1C. The van der Waals surface area contributed by atoms with Crippen LogP contribution in [0.25, 0.3) is 44.5 Å². The summed E-state index contributed by atoms with van der Waals surface area (Å²) in [5.74, 6) is 1.28. The summed E-state index contributed by atoms with van der Waals surface area (Å²) in [5.41, 5.74) is 6.88. The molecule has 0 unspecified atom stereocenters. The molecular formula is C23H21N3O. The van der Waals surface area contributed by atoms with Crippen molar-refractivity contribution in [1.82, 2.24) is 14.5 Å². The van der Waals surface area contributed by atoms with Crippen molar-refractivity contribution in [3.8, 4) is 11.4 Å². The Morgan fingerprint density at radius 3 is 2.48 bits per heavy atom. The van der Waals surface area contributed by atoms with Crippen LogP contribution in [0, 0.1) is 6.92 Å². The highest BCUT2D eigenvalue weighted by Gasteiger charge is 2.20. The molecule has 134 valence electrons. The van der Waals surface area contributed by atoms with Gasteiger partial charge in [-0.3, -0.25) is 0 Å². The first-order valence-corrected chi connectivity index (χ1v) is 9.29.